The van der Waals surface area contributed by atoms with Crippen LogP contribution in [0.2, 0.25) is 0 Å². The summed E-state index contributed by atoms with van der Waals surface area (Å²) in [7, 11) is 0. The number of thiazole rings is 1. The summed E-state index contributed by atoms with van der Waals surface area (Å²) in [5, 5.41) is 3.71. The summed E-state index contributed by atoms with van der Waals surface area (Å²) in [5.41, 5.74) is 1.54. The first-order valence-electron chi connectivity index (χ1n) is 7.02. The summed E-state index contributed by atoms with van der Waals surface area (Å²) < 4.78 is 5.51. The summed E-state index contributed by atoms with van der Waals surface area (Å²) in [6, 6.07) is 5.67. The van der Waals surface area contributed by atoms with Gasteiger partial charge in [-0.2, -0.15) is 0 Å². The molecule has 1 atom stereocenters. The average molecular weight is 303 g/mol. The maximum atomic E-state index is 12.3. The third kappa shape index (κ3) is 3.28. The first kappa shape index (κ1) is 14.2. The molecule has 3 rings (SSSR count). The lowest BCUT2D eigenvalue weighted by atomic mass is 10.2. The molecular weight excluding hydrogens is 286 g/mol. The molecule has 0 bridgehead atoms. The first-order chi connectivity index (χ1) is 10.2. The summed E-state index contributed by atoms with van der Waals surface area (Å²) in [5.74, 6) is -0.0809. The lowest BCUT2D eigenvalue weighted by Gasteiger charge is -2.09. The summed E-state index contributed by atoms with van der Waals surface area (Å²) in [4.78, 5) is 21.6. The Morgan fingerprint density at radius 1 is 1.52 bits per heavy atom. The third-order valence-corrected chi connectivity index (χ3v) is 4.58. The minimum absolute atomic E-state index is 0.0809. The molecule has 1 aliphatic rings. The number of hydrogen-bond donors (Lipinski definition) is 1. The van der Waals surface area contributed by atoms with Gasteiger partial charge in [0.15, 0.2) is 0 Å². The van der Waals surface area contributed by atoms with Crippen molar-refractivity contribution in [2.75, 3.05) is 13.2 Å². The normalized spacial score (nSPS) is 17.9. The van der Waals surface area contributed by atoms with Gasteiger partial charge in [-0.15, -0.1) is 11.3 Å². The maximum Gasteiger partial charge on any atom is 0.263 e. The van der Waals surface area contributed by atoms with E-state index in [-0.39, 0.29) is 12.0 Å². The van der Waals surface area contributed by atoms with Crippen molar-refractivity contribution in [2.45, 2.75) is 25.9 Å². The Morgan fingerprint density at radius 3 is 3.14 bits per heavy atom. The number of nitrogens with one attached hydrogen (secondary N) is 1. The lowest BCUT2D eigenvalue weighted by Crippen LogP contribution is -2.31. The van der Waals surface area contributed by atoms with E-state index in [0.29, 0.717) is 11.4 Å². The number of carbonyl (C=O) groups excluding carboxylic acids is 1. The van der Waals surface area contributed by atoms with Gasteiger partial charge in [-0.25, -0.2) is 4.98 Å². The SMILES string of the molecule is Cc1nc(-c2ccccn2)sc1C(=O)NC[C@@H]1CCCO1. The van der Waals surface area contributed by atoms with Crippen molar-refractivity contribution < 1.29 is 9.53 Å². The Kier molecular flexibility index (Phi) is 4.26. The highest BCUT2D eigenvalue weighted by Gasteiger charge is 2.20. The molecule has 3 heterocycles. The molecule has 2 aromatic rings. The molecule has 1 aliphatic heterocycles. The molecule has 1 amide bonds. The Balaban J connectivity index is 1.70. The van der Waals surface area contributed by atoms with Gasteiger partial charge in [0.2, 0.25) is 0 Å². The number of aromatic nitrogens is 2. The van der Waals surface area contributed by atoms with Crippen molar-refractivity contribution in [3.8, 4) is 10.7 Å². The van der Waals surface area contributed by atoms with Crippen LogP contribution in [0.4, 0.5) is 0 Å². The van der Waals surface area contributed by atoms with Crippen LogP contribution in [0.1, 0.15) is 28.2 Å². The molecule has 5 nitrogen and oxygen atoms in total. The van der Waals surface area contributed by atoms with E-state index in [1.807, 2.05) is 25.1 Å². The van der Waals surface area contributed by atoms with Crippen molar-refractivity contribution in [3.05, 3.63) is 35.0 Å². The molecule has 0 spiro atoms. The quantitative estimate of drug-likeness (QED) is 0.942. The van der Waals surface area contributed by atoms with Gasteiger partial charge in [-0.05, 0) is 31.9 Å². The molecular formula is C15H17N3O2S. The molecule has 2 aromatic heterocycles. The minimum Gasteiger partial charge on any atom is -0.376 e. The van der Waals surface area contributed by atoms with E-state index in [0.717, 1.165) is 35.8 Å². The second-order valence-corrected chi connectivity index (χ2v) is 5.99. The van der Waals surface area contributed by atoms with Gasteiger partial charge in [0, 0.05) is 19.3 Å². The number of ether oxygens (including phenoxy) is 1. The third-order valence-electron chi connectivity index (χ3n) is 3.40. The van der Waals surface area contributed by atoms with Gasteiger partial charge >= 0.3 is 0 Å². The van der Waals surface area contributed by atoms with E-state index in [9.17, 15) is 4.79 Å². The van der Waals surface area contributed by atoms with Crippen LogP contribution in [0.5, 0.6) is 0 Å². The fourth-order valence-corrected chi connectivity index (χ4v) is 3.26. The monoisotopic (exact) mass is 303 g/mol. The number of amides is 1. The highest BCUT2D eigenvalue weighted by molar-refractivity contribution is 7.17. The van der Waals surface area contributed by atoms with E-state index < -0.39 is 0 Å². The smallest absolute Gasteiger partial charge is 0.263 e. The van der Waals surface area contributed by atoms with Gasteiger partial charge in [0.25, 0.3) is 5.91 Å². The number of rotatable bonds is 4. The topological polar surface area (TPSA) is 64.1 Å². The van der Waals surface area contributed by atoms with Crippen LogP contribution in [0, 0.1) is 6.92 Å². The fraction of sp³-hybridized carbons (Fsp3) is 0.400. The summed E-state index contributed by atoms with van der Waals surface area (Å²) >= 11 is 1.38. The standard InChI is InChI=1S/C15H17N3O2S/c1-10-13(14(19)17-9-11-5-4-8-20-11)21-15(18-10)12-6-2-3-7-16-12/h2-3,6-7,11H,4-5,8-9H2,1H3,(H,17,19)/t11-/m0/s1. The van der Waals surface area contributed by atoms with E-state index in [4.69, 9.17) is 4.74 Å². The molecule has 1 fully saturated rings. The molecule has 1 saturated heterocycles. The maximum absolute atomic E-state index is 12.3. The number of pyridine rings is 1. The second kappa shape index (κ2) is 6.32. The second-order valence-electron chi connectivity index (χ2n) is 4.99. The molecule has 0 radical (unpaired) electrons. The Morgan fingerprint density at radius 2 is 2.43 bits per heavy atom. The van der Waals surface area contributed by atoms with E-state index in [1.54, 1.807) is 6.20 Å². The van der Waals surface area contributed by atoms with Crippen LogP contribution in [0.15, 0.2) is 24.4 Å². The summed E-state index contributed by atoms with van der Waals surface area (Å²) in [6.45, 7) is 3.21. The Hall–Kier alpha value is -1.79. The summed E-state index contributed by atoms with van der Waals surface area (Å²) in [6.07, 6.45) is 3.96. The lowest BCUT2D eigenvalue weighted by molar-refractivity contribution is 0.0860. The molecule has 110 valence electrons. The van der Waals surface area contributed by atoms with Crippen LogP contribution >= 0.6 is 11.3 Å². The predicted octanol–water partition coefficient (Wildman–Crippen LogP) is 2.42. The molecule has 0 unspecified atom stereocenters. The van der Waals surface area contributed by atoms with Gasteiger partial charge in [0.05, 0.1) is 17.5 Å². The van der Waals surface area contributed by atoms with Gasteiger partial charge in [-0.3, -0.25) is 9.78 Å². The molecule has 0 aromatic carbocycles. The highest BCUT2D eigenvalue weighted by atomic mass is 32.1. The van der Waals surface area contributed by atoms with Gasteiger partial charge in [0.1, 0.15) is 9.88 Å². The molecule has 1 N–H and O–H groups in total. The van der Waals surface area contributed by atoms with Crippen LogP contribution in [0.3, 0.4) is 0 Å². The molecule has 6 heteroatoms. The van der Waals surface area contributed by atoms with Gasteiger partial charge < -0.3 is 10.1 Å². The minimum atomic E-state index is -0.0809. The average Bonchev–Trinajstić information content (AvgIpc) is 3.15. The largest absolute Gasteiger partial charge is 0.376 e. The van der Waals surface area contributed by atoms with Crippen LogP contribution < -0.4 is 5.32 Å². The van der Waals surface area contributed by atoms with Crippen molar-refractivity contribution in [2.24, 2.45) is 0 Å². The van der Waals surface area contributed by atoms with Crippen LogP contribution in [0.25, 0.3) is 10.7 Å². The fourth-order valence-electron chi connectivity index (χ4n) is 2.30. The van der Waals surface area contributed by atoms with Crippen molar-refractivity contribution in [1.29, 1.82) is 0 Å². The number of aryl methyl sites for hydroxylation is 1. The van der Waals surface area contributed by atoms with Gasteiger partial charge in [-0.1, -0.05) is 6.07 Å². The highest BCUT2D eigenvalue weighted by Crippen LogP contribution is 2.26. The Labute approximate surface area is 127 Å². The van der Waals surface area contributed by atoms with Crippen molar-refractivity contribution >= 4 is 17.2 Å². The molecule has 21 heavy (non-hydrogen) atoms. The zero-order chi connectivity index (χ0) is 14.7. The number of nitrogens with zero attached hydrogens (tertiary/aromatic N) is 2. The Bertz CT molecular complexity index is 621. The number of hydrogen-bond acceptors (Lipinski definition) is 5. The van der Waals surface area contributed by atoms with Crippen LogP contribution in [-0.4, -0.2) is 35.1 Å². The van der Waals surface area contributed by atoms with E-state index >= 15 is 0 Å². The zero-order valence-electron chi connectivity index (χ0n) is 11.8. The van der Waals surface area contributed by atoms with Crippen molar-refractivity contribution in [3.63, 3.8) is 0 Å². The van der Waals surface area contributed by atoms with E-state index in [1.165, 1.54) is 11.3 Å². The van der Waals surface area contributed by atoms with Crippen molar-refractivity contribution in [1.82, 2.24) is 15.3 Å². The predicted molar refractivity (Wildman–Crippen MR) is 81.4 cm³/mol. The molecule has 0 aliphatic carbocycles. The number of carbonyl (C=O) groups is 1. The molecule has 0 saturated carbocycles. The first-order valence-corrected chi connectivity index (χ1v) is 7.84. The zero-order valence-corrected chi connectivity index (χ0v) is 12.7. The van der Waals surface area contributed by atoms with E-state index in [2.05, 4.69) is 15.3 Å². The van der Waals surface area contributed by atoms with Crippen LogP contribution in [-0.2, 0) is 4.74 Å².